The van der Waals surface area contributed by atoms with Crippen LogP contribution in [-0.2, 0) is 17.9 Å². The molecule has 1 atom stereocenters. The van der Waals surface area contributed by atoms with Gasteiger partial charge < -0.3 is 14.6 Å². The SMILES string of the molecule is CCn1cc(Br)cc1C(=O)N(Cc1ccccc1)C(C)C(=O)O. The summed E-state index contributed by atoms with van der Waals surface area (Å²) in [5.74, 6) is -1.32. The average molecular weight is 379 g/mol. The van der Waals surface area contributed by atoms with Crippen LogP contribution in [0.1, 0.15) is 29.9 Å². The molecule has 2 aromatic rings. The van der Waals surface area contributed by atoms with E-state index in [2.05, 4.69) is 15.9 Å². The first-order valence-electron chi connectivity index (χ1n) is 7.37. The topological polar surface area (TPSA) is 62.5 Å². The number of carbonyl (C=O) groups excluding carboxylic acids is 1. The van der Waals surface area contributed by atoms with Crippen LogP contribution in [0.5, 0.6) is 0 Å². The Bertz CT molecular complexity index is 697. The lowest BCUT2D eigenvalue weighted by atomic mass is 10.1. The minimum Gasteiger partial charge on any atom is -0.480 e. The fraction of sp³-hybridized carbons (Fsp3) is 0.294. The summed E-state index contributed by atoms with van der Waals surface area (Å²) >= 11 is 3.37. The number of hydrogen-bond acceptors (Lipinski definition) is 2. The van der Waals surface area contributed by atoms with Crippen LogP contribution in [0.4, 0.5) is 0 Å². The largest absolute Gasteiger partial charge is 0.480 e. The van der Waals surface area contributed by atoms with Gasteiger partial charge in [0, 0.05) is 23.8 Å². The molecular formula is C17H19BrN2O3. The zero-order valence-corrected chi connectivity index (χ0v) is 14.7. The Morgan fingerprint density at radius 2 is 1.96 bits per heavy atom. The lowest BCUT2D eigenvalue weighted by Crippen LogP contribution is -2.43. The van der Waals surface area contributed by atoms with Crippen LogP contribution in [0.2, 0.25) is 0 Å². The minimum absolute atomic E-state index is 0.250. The van der Waals surface area contributed by atoms with Crippen molar-refractivity contribution in [2.45, 2.75) is 33.0 Å². The van der Waals surface area contributed by atoms with Crippen molar-refractivity contribution < 1.29 is 14.7 Å². The fourth-order valence-corrected chi connectivity index (χ4v) is 2.82. The van der Waals surface area contributed by atoms with Crippen molar-refractivity contribution in [3.05, 3.63) is 58.3 Å². The fourth-order valence-electron chi connectivity index (χ4n) is 2.36. The van der Waals surface area contributed by atoms with E-state index in [-0.39, 0.29) is 12.5 Å². The van der Waals surface area contributed by atoms with Crippen molar-refractivity contribution in [3.63, 3.8) is 0 Å². The van der Waals surface area contributed by atoms with Gasteiger partial charge in [-0.1, -0.05) is 30.3 Å². The number of benzene rings is 1. The van der Waals surface area contributed by atoms with Gasteiger partial charge in [0.15, 0.2) is 0 Å². The molecular weight excluding hydrogens is 360 g/mol. The molecule has 5 nitrogen and oxygen atoms in total. The third-order valence-corrected chi connectivity index (χ3v) is 4.14. The van der Waals surface area contributed by atoms with Gasteiger partial charge in [0.25, 0.3) is 5.91 Å². The predicted octanol–water partition coefficient (Wildman–Crippen LogP) is 3.39. The quantitative estimate of drug-likeness (QED) is 0.837. The highest BCUT2D eigenvalue weighted by Gasteiger charge is 2.28. The van der Waals surface area contributed by atoms with Gasteiger partial charge in [-0.25, -0.2) is 4.79 Å². The van der Waals surface area contributed by atoms with Crippen molar-refractivity contribution in [1.29, 1.82) is 0 Å². The maximum atomic E-state index is 12.9. The molecule has 6 heteroatoms. The van der Waals surface area contributed by atoms with E-state index in [9.17, 15) is 14.7 Å². The number of hydrogen-bond donors (Lipinski definition) is 1. The first-order chi connectivity index (χ1) is 10.9. The van der Waals surface area contributed by atoms with Crippen LogP contribution >= 0.6 is 15.9 Å². The first kappa shape index (κ1) is 17.3. The van der Waals surface area contributed by atoms with Gasteiger partial charge in [0.1, 0.15) is 11.7 Å². The first-order valence-corrected chi connectivity index (χ1v) is 8.16. The van der Waals surface area contributed by atoms with Gasteiger partial charge in [-0.15, -0.1) is 0 Å². The Morgan fingerprint density at radius 3 is 2.52 bits per heavy atom. The second-order valence-corrected chi connectivity index (χ2v) is 6.18. The number of aliphatic carboxylic acids is 1. The molecule has 0 radical (unpaired) electrons. The van der Waals surface area contributed by atoms with Crippen LogP contribution < -0.4 is 0 Å². The summed E-state index contributed by atoms with van der Waals surface area (Å²) in [4.78, 5) is 25.7. The predicted molar refractivity (Wildman–Crippen MR) is 91.2 cm³/mol. The van der Waals surface area contributed by atoms with Gasteiger partial charge in [-0.3, -0.25) is 4.79 Å². The molecule has 1 unspecified atom stereocenters. The summed E-state index contributed by atoms with van der Waals surface area (Å²) < 4.78 is 2.60. The second kappa shape index (κ2) is 7.46. The van der Waals surface area contributed by atoms with E-state index < -0.39 is 12.0 Å². The molecule has 1 aromatic heterocycles. The zero-order chi connectivity index (χ0) is 17.0. The molecule has 122 valence electrons. The highest BCUT2D eigenvalue weighted by atomic mass is 79.9. The smallest absolute Gasteiger partial charge is 0.326 e. The molecule has 1 N–H and O–H groups in total. The molecule has 0 aliphatic rings. The average Bonchev–Trinajstić information content (AvgIpc) is 2.93. The molecule has 23 heavy (non-hydrogen) atoms. The summed E-state index contributed by atoms with van der Waals surface area (Å²) in [5, 5.41) is 9.35. The standard InChI is InChI=1S/C17H19BrN2O3/c1-3-19-11-14(18)9-15(19)16(21)20(12(2)17(22)23)10-13-7-5-4-6-8-13/h4-9,11-12H,3,10H2,1-2H3,(H,22,23). The van der Waals surface area contributed by atoms with Crippen molar-refractivity contribution in [1.82, 2.24) is 9.47 Å². The van der Waals surface area contributed by atoms with Crippen LogP contribution in [0.15, 0.2) is 47.1 Å². The number of carboxylic acid groups (broad SMARTS) is 1. The summed E-state index contributed by atoms with van der Waals surface area (Å²) in [6.07, 6.45) is 1.82. The van der Waals surface area contributed by atoms with Crippen LogP contribution in [-0.4, -0.2) is 32.5 Å². The number of halogens is 1. The van der Waals surface area contributed by atoms with Gasteiger partial charge in [-0.05, 0) is 41.4 Å². The molecule has 0 fully saturated rings. The molecule has 2 rings (SSSR count). The van der Waals surface area contributed by atoms with Gasteiger partial charge in [-0.2, -0.15) is 0 Å². The molecule has 0 aliphatic heterocycles. The van der Waals surface area contributed by atoms with Crippen molar-refractivity contribution in [3.8, 4) is 0 Å². The Morgan fingerprint density at radius 1 is 1.30 bits per heavy atom. The normalized spacial score (nSPS) is 12.0. The van der Waals surface area contributed by atoms with Crippen molar-refractivity contribution >= 4 is 27.8 Å². The highest BCUT2D eigenvalue weighted by molar-refractivity contribution is 9.10. The van der Waals surface area contributed by atoms with E-state index in [1.54, 1.807) is 10.6 Å². The summed E-state index contributed by atoms with van der Waals surface area (Å²) in [6, 6.07) is 10.2. The monoisotopic (exact) mass is 378 g/mol. The number of aromatic nitrogens is 1. The molecule has 1 amide bonds. The van der Waals surface area contributed by atoms with Crippen LogP contribution in [0.3, 0.4) is 0 Å². The van der Waals surface area contributed by atoms with Gasteiger partial charge in [0.2, 0.25) is 0 Å². The number of carboxylic acids is 1. The van der Waals surface area contributed by atoms with E-state index in [1.807, 2.05) is 43.5 Å². The molecule has 0 spiro atoms. The third kappa shape index (κ3) is 4.01. The van der Waals surface area contributed by atoms with E-state index in [0.29, 0.717) is 12.2 Å². The Labute approximate surface area is 143 Å². The number of amides is 1. The van der Waals surface area contributed by atoms with Crippen LogP contribution in [0, 0.1) is 0 Å². The molecule has 0 bridgehead atoms. The lowest BCUT2D eigenvalue weighted by molar-refractivity contribution is -0.141. The Balaban J connectivity index is 2.36. The minimum atomic E-state index is -1.03. The highest BCUT2D eigenvalue weighted by Crippen LogP contribution is 2.19. The maximum Gasteiger partial charge on any atom is 0.326 e. The van der Waals surface area contributed by atoms with Gasteiger partial charge in [0.05, 0.1) is 0 Å². The van der Waals surface area contributed by atoms with Crippen LogP contribution in [0.25, 0.3) is 0 Å². The number of carbonyl (C=O) groups is 2. The summed E-state index contributed by atoms with van der Waals surface area (Å²) in [5.41, 5.74) is 1.37. The van der Waals surface area contributed by atoms with E-state index in [1.165, 1.54) is 11.8 Å². The Kier molecular flexibility index (Phi) is 5.60. The lowest BCUT2D eigenvalue weighted by Gasteiger charge is -2.27. The molecule has 0 aliphatic carbocycles. The number of nitrogens with zero attached hydrogens (tertiary/aromatic N) is 2. The summed E-state index contributed by atoms with van der Waals surface area (Å²) in [6.45, 7) is 4.34. The molecule has 1 aromatic carbocycles. The Hall–Kier alpha value is -2.08. The zero-order valence-electron chi connectivity index (χ0n) is 13.1. The van der Waals surface area contributed by atoms with E-state index >= 15 is 0 Å². The molecule has 0 saturated heterocycles. The van der Waals surface area contributed by atoms with Crippen molar-refractivity contribution in [2.75, 3.05) is 0 Å². The number of aryl methyl sites for hydroxylation is 1. The second-order valence-electron chi connectivity index (χ2n) is 5.26. The molecule has 1 heterocycles. The molecule has 0 saturated carbocycles. The van der Waals surface area contributed by atoms with Gasteiger partial charge >= 0.3 is 5.97 Å². The van der Waals surface area contributed by atoms with E-state index in [0.717, 1.165) is 10.0 Å². The van der Waals surface area contributed by atoms with Crippen molar-refractivity contribution in [2.24, 2.45) is 0 Å². The summed E-state index contributed by atoms with van der Waals surface area (Å²) in [7, 11) is 0. The maximum absolute atomic E-state index is 12.9. The van der Waals surface area contributed by atoms with E-state index in [4.69, 9.17) is 0 Å². The third-order valence-electron chi connectivity index (χ3n) is 3.70. The number of rotatable bonds is 6.